The molecule has 1 aromatic carbocycles. The van der Waals surface area contributed by atoms with Crippen molar-refractivity contribution in [2.75, 3.05) is 0 Å². The summed E-state index contributed by atoms with van der Waals surface area (Å²) in [5, 5.41) is 0.499. The molecule has 116 valence electrons. The highest BCUT2D eigenvalue weighted by molar-refractivity contribution is 6.31. The largest absolute Gasteiger partial charge is 0.461 e. The Balaban J connectivity index is 2.03. The van der Waals surface area contributed by atoms with E-state index in [-0.39, 0.29) is 11.5 Å². The van der Waals surface area contributed by atoms with E-state index in [2.05, 4.69) is 20.8 Å². The van der Waals surface area contributed by atoms with Crippen LogP contribution in [0.5, 0.6) is 0 Å². The number of hydrogen-bond donors (Lipinski definition) is 1. The predicted molar refractivity (Wildman–Crippen MR) is 85.1 cm³/mol. The van der Waals surface area contributed by atoms with Gasteiger partial charge in [-0.3, -0.25) is 0 Å². The summed E-state index contributed by atoms with van der Waals surface area (Å²) in [6, 6.07) is 6.31. The van der Waals surface area contributed by atoms with Crippen LogP contribution in [0.3, 0.4) is 0 Å². The van der Waals surface area contributed by atoms with Crippen molar-refractivity contribution in [1.29, 1.82) is 0 Å². The summed E-state index contributed by atoms with van der Waals surface area (Å²) in [5.74, 6) is 0.168. The fraction of sp³-hybridized carbons (Fsp3) is 0.588. The van der Waals surface area contributed by atoms with E-state index in [4.69, 9.17) is 22.1 Å². The normalized spacial score (nSPS) is 26.1. The van der Waals surface area contributed by atoms with Crippen LogP contribution in [-0.2, 0) is 9.53 Å². The Kier molecular flexibility index (Phi) is 4.95. The third kappa shape index (κ3) is 4.21. The van der Waals surface area contributed by atoms with Crippen LogP contribution in [0.25, 0.3) is 0 Å². The SMILES string of the molecule is CC1CC(OC(=O)[C@H](N)c2ccccc2Cl)CC(C)(C)C1. The second-order valence-corrected chi connectivity index (χ2v) is 7.38. The first-order chi connectivity index (χ1) is 9.78. The first kappa shape index (κ1) is 16.3. The van der Waals surface area contributed by atoms with Crippen LogP contribution < -0.4 is 5.73 Å². The molecular weight excluding hydrogens is 286 g/mol. The van der Waals surface area contributed by atoms with Crippen molar-refractivity contribution in [2.45, 2.75) is 52.2 Å². The molecule has 2 unspecified atom stereocenters. The van der Waals surface area contributed by atoms with E-state index in [1.165, 1.54) is 0 Å². The Bertz CT molecular complexity index is 515. The van der Waals surface area contributed by atoms with E-state index in [1.54, 1.807) is 12.1 Å². The van der Waals surface area contributed by atoms with Crippen molar-refractivity contribution in [1.82, 2.24) is 0 Å². The first-order valence-electron chi connectivity index (χ1n) is 7.49. The third-order valence-electron chi connectivity index (χ3n) is 4.12. The zero-order valence-corrected chi connectivity index (χ0v) is 13.7. The Morgan fingerprint density at radius 3 is 2.67 bits per heavy atom. The highest BCUT2D eigenvalue weighted by Crippen LogP contribution is 2.40. The van der Waals surface area contributed by atoms with E-state index in [1.807, 2.05) is 12.1 Å². The smallest absolute Gasteiger partial charge is 0.327 e. The highest BCUT2D eigenvalue weighted by Gasteiger charge is 2.35. The number of benzene rings is 1. The maximum atomic E-state index is 12.3. The molecule has 1 saturated carbocycles. The lowest BCUT2D eigenvalue weighted by atomic mass is 9.71. The van der Waals surface area contributed by atoms with Crippen LogP contribution in [0.4, 0.5) is 0 Å². The first-order valence-corrected chi connectivity index (χ1v) is 7.87. The molecule has 21 heavy (non-hydrogen) atoms. The van der Waals surface area contributed by atoms with Gasteiger partial charge in [-0.05, 0) is 42.2 Å². The van der Waals surface area contributed by atoms with Crippen molar-refractivity contribution in [3.63, 3.8) is 0 Å². The molecule has 0 heterocycles. The van der Waals surface area contributed by atoms with Crippen molar-refractivity contribution < 1.29 is 9.53 Å². The average Bonchev–Trinajstić information content (AvgIpc) is 2.35. The van der Waals surface area contributed by atoms with E-state index in [9.17, 15) is 4.79 Å². The van der Waals surface area contributed by atoms with Gasteiger partial charge in [-0.25, -0.2) is 4.79 Å². The van der Waals surface area contributed by atoms with Gasteiger partial charge in [0, 0.05) is 5.02 Å². The molecule has 0 aliphatic heterocycles. The number of esters is 1. The summed E-state index contributed by atoms with van der Waals surface area (Å²) in [4.78, 5) is 12.3. The van der Waals surface area contributed by atoms with Crippen LogP contribution in [-0.4, -0.2) is 12.1 Å². The van der Waals surface area contributed by atoms with E-state index in [0.29, 0.717) is 16.5 Å². The second kappa shape index (κ2) is 6.37. The van der Waals surface area contributed by atoms with E-state index >= 15 is 0 Å². The average molecular weight is 310 g/mol. The molecule has 0 amide bonds. The number of carbonyl (C=O) groups excluding carboxylic acids is 1. The fourth-order valence-electron chi connectivity index (χ4n) is 3.44. The molecule has 2 rings (SSSR count). The Labute approximate surface area is 131 Å². The molecule has 0 saturated heterocycles. The highest BCUT2D eigenvalue weighted by atomic mass is 35.5. The third-order valence-corrected chi connectivity index (χ3v) is 4.47. The molecule has 1 fully saturated rings. The minimum atomic E-state index is -0.820. The van der Waals surface area contributed by atoms with Crippen molar-refractivity contribution in [3.8, 4) is 0 Å². The van der Waals surface area contributed by atoms with Crippen LogP contribution in [0, 0.1) is 11.3 Å². The van der Waals surface area contributed by atoms with Gasteiger partial charge >= 0.3 is 5.97 Å². The monoisotopic (exact) mass is 309 g/mol. The van der Waals surface area contributed by atoms with Gasteiger partial charge in [0.25, 0.3) is 0 Å². The molecule has 1 aromatic rings. The zero-order valence-electron chi connectivity index (χ0n) is 12.9. The molecular formula is C17H24ClNO2. The van der Waals surface area contributed by atoms with E-state index < -0.39 is 12.0 Å². The van der Waals surface area contributed by atoms with Crippen LogP contribution >= 0.6 is 11.6 Å². The minimum Gasteiger partial charge on any atom is -0.461 e. The number of nitrogens with two attached hydrogens (primary N) is 1. The quantitative estimate of drug-likeness (QED) is 0.855. The number of rotatable bonds is 3. The molecule has 0 bridgehead atoms. The van der Waals surface area contributed by atoms with Gasteiger partial charge in [0.05, 0.1) is 0 Å². The molecule has 3 nitrogen and oxygen atoms in total. The molecule has 1 aliphatic rings. The molecule has 1 aliphatic carbocycles. The van der Waals surface area contributed by atoms with Gasteiger partial charge in [0.1, 0.15) is 12.1 Å². The van der Waals surface area contributed by atoms with Crippen molar-refractivity contribution in [2.24, 2.45) is 17.1 Å². The van der Waals surface area contributed by atoms with Gasteiger partial charge in [-0.15, -0.1) is 0 Å². The maximum absolute atomic E-state index is 12.3. The summed E-state index contributed by atoms with van der Waals surface area (Å²) >= 11 is 6.09. The lowest BCUT2D eigenvalue weighted by Gasteiger charge is -2.38. The maximum Gasteiger partial charge on any atom is 0.327 e. The van der Waals surface area contributed by atoms with Gasteiger partial charge in [-0.1, -0.05) is 50.6 Å². The number of ether oxygens (including phenoxy) is 1. The van der Waals surface area contributed by atoms with Gasteiger partial charge in [-0.2, -0.15) is 0 Å². The fourth-order valence-corrected chi connectivity index (χ4v) is 3.69. The lowest BCUT2D eigenvalue weighted by Crippen LogP contribution is -2.36. The molecule has 3 atom stereocenters. The second-order valence-electron chi connectivity index (χ2n) is 6.97. The molecule has 4 heteroatoms. The molecule has 0 aromatic heterocycles. The van der Waals surface area contributed by atoms with E-state index in [0.717, 1.165) is 19.3 Å². The van der Waals surface area contributed by atoms with Crippen LogP contribution in [0.2, 0.25) is 5.02 Å². The van der Waals surface area contributed by atoms with Crippen LogP contribution in [0.15, 0.2) is 24.3 Å². The standard InChI is InChI=1S/C17H24ClNO2/c1-11-8-12(10-17(2,3)9-11)21-16(20)15(19)13-6-4-5-7-14(13)18/h4-7,11-12,15H,8-10,19H2,1-3H3/t11?,12?,15-/m1/s1. The molecule has 2 N–H and O–H groups in total. The predicted octanol–water partition coefficient (Wildman–Crippen LogP) is 4.10. The van der Waals surface area contributed by atoms with Crippen molar-refractivity contribution >= 4 is 17.6 Å². The summed E-state index contributed by atoms with van der Waals surface area (Å²) in [7, 11) is 0. The number of hydrogen-bond acceptors (Lipinski definition) is 3. The van der Waals surface area contributed by atoms with Gasteiger partial charge in [0.2, 0.25) is 0 Å². The zero-order chi connectivity index (χ0) is 15.6. The van der Waals surface area contributed by atoms with Crippen molar-refractivity contribution in [3.05, 3.63) is 34.9 Å². The summed E-state index contributed by atoms with van der Waals surface area (Å²) < 4.78 is 5.65. The Morgan fingerprint density at radius 2 is 2.05 bits per heavy atom. The summed E-state index contributed by atoms with van der Waals surface area (Å²) in [6.45, 7) is 6.64. The summed E-state index contributed by atoms with van der Waals surface area (Å²) in [5.41, 5.74) is 6.82. The van der Waals surface area contributed by atoms with Gasteiger partial charge in [0.15, 0.2) is 0 Å². The number of carbonyl (C=O) groups is 1. The Hall–Kier alpha value is -1.06. The lowest BCUT2D eigenvalue weighted by molar-refractivity contribution is -0.155. The number of halogens is 1. The summed E-state index contributed by atoms with van der Waals surface area (Å²) in [6.07, 6.45) is 2.91. The topological polar surface area (TPSA) is 52.3 Å². The van der Waals surface area contributed by atoms with Gasteiger partial charge < -0.3 is 10.5 Å². The van der Waals surface area contributed by atoms with Crippen LogP contribution in [0.1, 0.15) is 51.6 Å². The molecule has 0 spiro atoms. The molecule has 0 radical (unpaired) electrons. The Morgan fingerprint density at radius 1 is 1.38 bits per heavy atom. The minimum absolute atomic E-state index is 0.0511.